The zero-order valence-corrected chi connectivity index (χ0v) is 27.9. The molecule has 0 aliphatic carbocycles. The second kappa shape index (κ2) is 11.0. The highest BCUT2D eigenvalue weighted by Crippen LogP contribution is 2.44. The molecule has 2 aromatic heterocycles. The predicted octanol–water partition coefficient (Wildman–Crippen LogP) is 13.7. The number of thiophene rings is 2. The molecule has 2 nitrogen and oxygen atoms in total. The van der Waals surface area contributed by atoms with Gasteiger partial charge in [-0.3, -0.25) is 0 Å². The van der Waals surface area contributed by atoms with Crippen molar-refractivity contribution in [3.8, 4) is 17.2 Å². The average molecular weight is 659 g/mol. The molecule has 0 amide bonds. The first-order valence-corrected chi connectivity index (χ1v) is 17.9. The van der Waals surface area contributed by atoms with E-state index in [0.717, 1.165) is 28.2 Å². The van der Waals surface area contributed by atoms with Gasteiger partial charge in [-0.1, -0.05) is 84.9 Å². The summed E-state index contributed by atoms with van der Waals surface area (Å²) in [6.45, 7) is 0. The Bertz CT molecular complexity index is 2790. The van der Waals surface area contributed by atoms with Gasteiger partial charge in [0.05, 0.1) is 11.6 Å². The van der Waals surface area contributed by atoms with Gasteiger partial charge in [-0.2, -0.15) is 5.26 Å². The van der Waals surface area contributed by atoms with E-state index < -0.39 is 0 Å². The summed E-state index contributed by atoms with van der Waals surface area (Å²) in [5.41, 5.74) is 6.22. The van der Waals surface area contributed by atoms with Crippen molar-refractivity contribution in [2.45, 2.75) is 0 Å². The molecule has 0 saturated heterocycles. The van der Waals surface area contributed by atoms with E-state index in [-0.39, 0.29) is 0 Å². The van der Waals surface area contributed by atoms with E-state index >= 15 is 0 Å². The summed E-state index contributed by atoms with van der Waals surface area (Å²) >= 11 is 3.72. The van der Waals surface area contributed by atoms with Gasteiger partial charge in [-0.25, -0.2) is 0 Å². The third-order valence-electron chi connectivity index (χ3n) is 9.64. The fourth-order valence-electron chi connectivity index (χ4n) is 7.17. The van der Waals surface area contributed by atoms with Crippen LogP contribution in [0, 0.1) is 11.3 Å². The Labute approximate surface area is 290 Å². The summed E-state index contributed by atoms with van der Waals surface area (Å²) in [5.74, 6) is 0. The number of nitrogens with zero attached hydrogens (tertiary/aromatic N) is 2. The fourth-order valence-corrected chi connectivity index (χ4v) is 9.51. The molecule has 0 aliphatic rings. The van der Waals surface area contributed by atoms with E-state index in [1.807, 2.05) is 46.9 Å². The van der Waals surface area contributed by atoms with Crippen molar-refractivity contribution in [1.82, 2.24) is 0 Å². The van der Waals surface area contributed by atoms with Crippen molar-refractivity contribution in [3.05, 3.63) is 163 Å². The van der Waals surface area contributed by atoms with Crippen LogP contribution in [0.1, 0.15) is 5.56 Å². The number of anilines is 3. The SMILES string of the molecule is N#Cc1ccc(-c2ccc(N(c3ccc4c(c3)sc3cc5ccccc5cc34)c3ccc4c(c3)sc3cc5ccccc5cc34)cc2)cc1. The molecule has 4 heteroatoms. The van der Waals surface area contributed by atoms with Gasteiger partial charge in [0.2, 0.25) is 0 Å². The summed E-state index contributed by atoms with van der Waals surface area (Å²) < 4.78 is 5.17. The summed E-state index contributed by atoms with van der Waals surface area (Å²) in [4.78, 5) is 2.38. The Hall–Kier alpha value is -5.99. The zero-order valence-electron chi connectivity index (χ0n) is 26.2. The topological polar surface area (TPSA) is 27.0 Å². The lowest BCUT2D eigenvalue weighted by Gasteiger charge is -2.26. The molecule has 8 aromatic carbocycles. The van der Waals surface area contributed by atoms with Crippen molar-refractivity contribution in [2.24, 2.45) is 0 Å². The van der Waals surface area contributed by atoms with Gasteiger partial charge in [-0.05, 0) is 105 Å². The van der Waals surface area contributed by atoms with Crippen LogP contribution >= 0.6 is 22.7 Å². The van der Waals surface area contributed by atoms with Crippen molar-refractivity contribution in [3.63, 3.8) is 0 Å². The smallest absolute Gasteiger partial charge is 0.0991 e. The quantitative estimate of drug-likeness (QED) is 0.188. The van der Waals surface area contributed by atoms with Crippen molar-refractivity contribution in [2.75, 3.05) is 4.90 Å². The highest BCUT2D eigenvalue weighted by atomic mass is 32.1. The van der Waals surface area contributed by atoms with E-state index in [0.29, 0.717) is 5.56 Å². The number of benzene rings is 8. The molecule has 0 bridgehead atoms. The largest absolute Gasteiger partial charge is 0.310 e. The Morgan fingerprint density at radius 3 is 1.27 bits per heavy atom. The van der Waals surface area contributed by atoms with Crippen molar-refractivity contribution < 1.29 is 0 Å². The Morgan fingerprint density at radius 1 is 0.388 bits per heavy atom. The first-order chi connectivity index (χ1) is 24.2. The van der Waals surface area contributed by atoms with Crippen LogP contribution in [0.2, 0.25) is 0 Å². The minimum absolute atomic E-state index is 0.668. The van der Waals surface area contributed by atoms with Crippen LogP contribution in [-0.2, 0) is 0 Å². The first-order valence-electron chi connectivity index (χ1n) is 16.3. The Balaban J connectivity index is 1.14. The van der Waals surface area contributed by atoms with E-state index in [2.05, 4.69) is 144 Å². The summed E-state index contributed by atoms with van der Waals surface area (Å²) in [6.07, 6.45) is 0. The number of rotatable bonds is 4. The minimum atomic E-state index is 0.668. The van der Waals surface area contributed by atoms with Crippen LogP contribution in [0.5, 0.6) is 0 Å². The van der Waals surface area contributed by atoms with Crippen LogP contribution in [-0.4, -0.2) is 0 Å². The molecule has 49 heavy (non-hydrogen) atoms. The Kier molecular flexibility index (Phi) is 6.32. The maximum absolute atomic E-state index is 9.26. The summed E-state index contributed by atoms with van der Waals surface area (Å²) in [6, 6.07) is 59.1. The highest BCUT2D eigenvalue weighted by molar-refractivity contribution is 7.26. The zero-order chi connectivity index (χ0) is 32.5. The lowest BCUT2D eigenvalue weighted by atomic mass is 10.0. The third-order valence-corrected chi connectivity index (χ3v) is 11.9. The molecule has 228 valence electrons. The lowest BCUT2D eigenvalue weighted by Crippen LogP contribution is -2.09. The number of hydrogen-bond acceptors (Lipinski definition) is 4. The molecule has 2 heterocycles. The standard InChI is InChI=1S/C45H26N2S2/c46-27-28-9-11-29(12-10-28)30-13-15-35(16-14-30)47(36-17-19-38-40-21-31-5-1-3-7-33(31)23-42(40)48-44(38)25-36)37-18-20-39-41-22-32-6-2-4-8-34(32)24-43(41)49-45(39)26-37/h1-26H. The molecule has 0 N–H and O–H groups in total. The van der Waals surface area contributed by atoms with Gasteiger partial charge in [0.25, 0.3) is 0 Å². The Morgan fingerprint density at radius 2 is 0.796 bits per heavy atom. The normalized spacial score (nSPS) is 11.7. The van der Waals surface area contributed by atoms with Crippen molar-refractivity contribution in [1.29, 1.82) is 5.26 Å². The van der Waals surface area contributed by atoms with Crippen LogP contribution in [0.4, 0.5) is 17.1 Å². The van der Waals surface area contributed by atoms with Crippen molar-refractivity contribution >= 4 is 102 Å². The van der Waals surface area contributed by atoms with Gasteiger partial charge < -0.3 is 4.90 Å². The second-order valence-corrected chi connectivity index (χ2v) is 14.7. The molecule has 0 unspecified atom stereocenters. The van der Waals surface area contributed by atoms with E-state index in [1.165, 1.54) is 61.9 Å². The summed E-state index contributed by atoms with van der Waals surface area (Å²) in [7, 11) is 0. The predicted molar refractivity (Wildman–Crippen MR) is 212 cm³/mol. The number of nitriles is 1. The average Bonchev–Trinajstić information content (AvgIpc) is 3.69. The molecule has 0 atom stereocenters. The molecule has 10 aromatic rings. The first kappa shape index (κ1) is 28.1. The highest BCUT2D eigenvalue weighted by Gasteiger charge is 2.17. The molecular weight excluding hydrogens is 633 g/mol. The van der Waals surface area contributed by atoms with Gasteiger partial charge in [0.1, 0.15) is 0 Å². The van der Waals surface area contributed by atoms with Crippen LogP contribution < -0.4 is 4.90 Å². The molecular formula is C45H26N2S2. The molecule has 0 saturated carbocycles. The fraction of sp³-hybridized carbons (Fsp3) is 0. The maximum Gasteiger partial charge on any atom is 0.0991 e. The molecule has 0 fully saturated rings. The third kappa shape index (κ3) is 4.67. The molecule has 0 spiro atoms. The van der Waals surface area contributed by atoms with Crippen LogP contribution in [0.15, 0.2) is 158 Å². The van der Waals surface area contributed by atoms with Gasteiger partial charge in [0, 0.05) is 57.4 Å². The maximum atomic E-state index is 9.26. The number of fused-ring (bicyclic) bond motifs is 8. The van der Waals surface area contributed by atoms with Gasteiger partial charge in [0.15, 0.2) is 0 Å². The number of hydrogen-bond donors (Lipinski definition) is 0. The minimum Gasteiger partial charge on any atom is -0.310 e. The molecule has 0 aliphatic heterocycles. The molecule has 0 radical (unpaired) electrons. The van der Waals surface area contributed by atoms with E-state index in [4.69, 9.17) is 0 Å². The van der Waals surface area contributed by atoms with Gasteiger partial charge >= 0.3 is 0 Å². The second-order valence-electron chi connectivity index (χ2n) is 12.5. The molecule has 10 rings (SSSR count). The van der Waals surface area contributed by atoms with E-state index in [9.17, 15) is 5.26 Å². The van der Waals surface area contributed by atoms with Gasteiger partial charge in [-0.15, -0.1) is 22.7 Å². The van der Waals surface area contributed by atoms with Crippen LogP contribution in [0.3, 0.4) is 0 Å². The van der Waals surface area contributed by atoms with E-state index in [1.54, 1.807) is 0 Å². The summed E-state index contributed by atoms with van der Waals surface area (Å²) in [5, 5.41) is 19.5. The van der Waals surface area contributed by atoms with Crippen LogP contribution in [0.25, 0.3) is 73.0 Å². The monoisotopic (exact) mass is 658 g/mol. The lowest BCUT2D eigenvalue weighted by molar-refractivity contribution is 1.30.